The van der Waals surface area contributed by atoms with Crippen LogP contribution in [0.1, 0.15) is 54.4 Å². The van der Waals surface area contributed by atoms with Gasteiger partial charge in [-0.05, 0) is 18.9 Å². The van der Waals surface area contributed by atoms with E-state index in [9.17, 15) is 0 Å². The lowest BCUT2D eigenvalue weighted by Crippen LogP contribution is -2.02. The summed E-state index contributed by atoms with van der Waals surface area (Å²) in [6.45, 7) is 13.1. The summed E-state index contributed by atoms with van der Waals surface area (Å²) in [6, 6.07) is 0. The summed E-state index contributed by atoms with van der Waals surface area (Å²) in [7, 11) is 1.50. The van der Waals surface area contributed by atoms with Gasteiger partial charge in [0.2, 0.25) is 0 Å². The number of hydrogen-bond donors (Lipinski definition) is 1. The molecule has 0 aromatic heterocycles. The molecule has 0 spiro atoms. The molecular weight excluding hydrogens is 134 g/mol. The van der Waals surface area contributed by atoms with Crippen LogP contribution in [0.4, 0.5) is 0 Å². The van der Waals surface area contributed by atoms with Crippen LogP contribution in [-0.4, -0.2) is 7.05 Å². The minimum Gasteiger partial charge on any atom is -0.333 e. The van der Waals surface area contributed by atoms with Crippen molar-refractivity contribution in [1.82, 2.24) is 0 Å². The zero-order valence-electron chi connectivity index (χ0n) is 9.49. The Morgan fingerprint density at radius 2 is 1.27 bits per heavy atom. The second-order valence-corrected chi connectivity index (χ2v) is 3.31. The Bertz CT molecular complexity index is 43.3. The third-order valence-corrected chi connectivity index (χ3v) is 1.000. The van der Waals surface area contributed by atoms with E-state index in [1.165, 1.54) is 19.9 Å². The van der Waals surface area contributed by atoms with Crippen LogP contribution in [0.3, 0.4) is 0 Å². The van der Waals surface area contributed by atoms with E-state index in [0.29, 0.717) is 5.41 Å². The van der Waals surface area contributed by atoms with E-state index < -0.39 is 0 Å². The summed E-state index contributed by atoms with van der Waals surface area (Å²) in [5, 5.41) is 0. The Morgan fingerprint density at radius 1 is 1.00 bits per heavy atom. The molecule has 0 aromatic carbocycles. The molecule has 72 valence electrons. The molecule has 2 N–H and O–H groups in total. The molecule has 1 nitrogen and oxygen atoms in total. The van der Waals surface area contributed by atoms with Gasteiger partial charge in [0, 0.05) is 0 Å². The highest BCUT2D eigenvalue weighted by atomic mass is 14.4. The van der Waals surface area contributed by atoms with Crippen LogP contribution in [0, 0.1) is 5.41 Å². The maximum Gasteiger partial charge on any atom is -0.0195 e. The lowest BCUT2D eigenvalue weighted by atomic mass is 9.91. The second kappa shape index (κ2) is 12.6. The Hall–Kier alpha value is -0.0400. The fourth-order valence-corrected chi connectivity index (χ4v) is 0.750. The van der Waals surface area contributed by atoms with Gasteiger partial charge in [0.1, 0.15) is 0 Å². The van der Waals surface area contributed by atoms with Crippen molar-refractivity contribution in [3.05, 3.63) is 0 Å². The largest absolute Gasteiger partial charge is 0.333 e. The van der Waals surface area contributed by atoms with Gasteiger partial charge in [-0.2, -0.15) is 0 Å². The topological polar surface area (TPSA) is 26.0 Å². The van der Waals surface area contributed by atoms with Crippen molar-refractivity contribution in [1.29, 1.82) is 0 Å². The lowest BCUT2D eigenvalue weighted by Gasteiger charge is -2.15. The van der Waals surface area contributed by atoms with Gasteiger partial charge < -0.3 is 5.73 Å². The predicted octanol–water partition coefficient (Wildman–Crippen LogP) is 3.43. The fourth-order valence-electron chi connectivity index (χ4n) is 0.750. The predicted molar refractivity (Wildman–Crippen MR) is 55.8 cm³/mol. The van der Waals surface area contributed by atoms with Crippen molar-refractivity contribution < 1.29 is 0 Å². The SMILES string of the molecule is CC.CCCC(C)(C)C.CN. The van der Waals surface area contributed by atoms with E-state index in [2.05, 4.69) is 33.4 Å². The molecule has 0 rings (SSSR count). The van der Waals surface area contributed by atoms with Crippen LogP contribution in [0.25, 0.3) is 0 Å². The molecule has 0 saturated carbocycles. The van der Waals surface area contributed by atoms with Crippen molar-refractivity contribution in [3.8, 4) is 0 Å². The Labute approximate surface area is 73.4 Å². The van der Waals surface area contributed by atoms with E-state index in [1.54, 1.807) is 0 Å². The quantitative estimate of drug-likeness (QED) is 0.626. The fraction of sp³-hybridized carbons (Fsp3) is 1.00. The normalized spacial score (nSPS) is 8.73. The number of nitrogens with two attached hydrogens (primary N) is 1. The molecule has 0 radical (unpaired) electrons. The third kappa shape index (κ3) is 40.2. The number of hydrogen-bond acceptors (Lipinski definition) is 1. The standard InChI is InChI=1S/C7H16.C2H6.CH5N/c1-5-6-7(2,3)4;2*1-2/h5-6H2,1-4H3;1-2H3;2H2,1H3. The molecular formula is C10H27N. The number of rotatable bonds is 1. The molecule has 0 unspecified atom stereocenters. The Morgan fingerprint density at radius 3 is 1.27 bits per heavy atom. The Balaban J connectivity index is -0.000000138. The molecule has 0 atom stereocenters. The molecule has 0 saturated heterocycles. The average molecular weight is 161 g/mol. The monoisotopic (exact) mass is 161 g/mol. The highest BCUT2D eigenvalue weighted by Gasteiger charge is 2.06. The summed E-state index contributed by atoms with van der Waals surface area (Å²) >= 11 is 0. The van der Waals surface area contributed by atoms with Crippen molar-refractivity contribution in [2.75, 3.05) is 7.05 Å². The summed E-state index contributed by atoms with van der Waals surface area (Å²) in [5.74, 6) is 0. The summed E-state index contributed by atoms with van der Waals surface area (Å²) in [5.41, 5.74) is 5.05. The first-order chi connectivity index (χ1) is 5.06. The highest BCUT2D eigenvalue weighted by molar-refractivity contribution is 4.58. The van der Waals surface area contributed by atoms with E-state index in [0.717, 1.165) is 0 Å². The van der Waals surface area contributed by atoms with Gasteiger partial charge in [0.25, 0.3) is 0 Å². The Kier molecular flexibility index (Phi) is 19.7. The molecule has 0 aliphatic heterocycles. The minimum absolute atomic E-state index is 0.550. The first-order valence-electron chi connectivity index (χ1n) is 4.64. The zero-order valence-corrected chi connectivity index (χ0v) is 9.49. The van der Waals surface area contributed by atoms with Crippen LogP contribution in [0.2, 0.25) is 0 Å². The summed E-state index contributed by atoms with van der Waals surface area (Å²) in [6.07, 6.45) is 2.65. The van der Waals surface area contributed by atoms with Crippen molar-refractivity contribution in [2.45, 2.75) is 54.4 Å². The molecule has 0 aliphatic rings. The molecule has 0 bridgehead atoms. The first kappa shape index (κ1) is 17.2. The molecule has 0 heterocycles. The van der Waals surface area contributed by atoms with E-state index in [1.807, 2.05) is 13.8 Å². The van der Waals surface area contributed by atoms with E-state index in [-0.39, 0.29) is 0 Å². The van der Waals surface area contributed by atoms with Crippen LogP contribution in [0.15, 0.2) is 0 Å². The molecule has 0 amide bonds. The maximum absolute atomic E-state index is 4.50. The highest BCUT2D eigenvalue weighted by Crippen LogP contribution is 2.19. The van der Waals surface area contributed by atoms with Crippen LogP contribution in [-0.2, 0) is 0 Å². The smallest absolute Gasteiger partial charge is 0.0195 e. The zero-order chi connectivity index (χ0) is 9.91. The van der Waals surface area contributed by atoms with Gasteiger partial charge in [-0.25, -0.2) is 0 Å². The molecule has 0 aliphatic carbocycles. The molecule has 0 aromatic rings. The van der Waals surface area contributed by atoms with Crippen molar-refractivity contribution in [3.63, 3.8) is 0 Å². The van der Waals surface area contributed by atoms with Gasteiger partial charge in [0.15, 0.2) is 0 Å². The molecule has 11 heavy (non-hydrogen) atoms. The summed E-state index contributed by atoms with van der Waals surface area (Å²) in [4.78, 5) is 0. The minimum atomic E-state index is 0.550. The van der Waals surface area contributed by atoms with E-state index >= 15 is 0 Å². The van der Waals surface area contributed by atoms with Crippen LogP contribution >= 0.6 is 0 Å². The van der Waals surface area contributed by atoms with Crippen molar-refractivity contribution in [2.24, 2.45) is 11.1 Å². The maximum atomic E-state index is 4.50. The van der Waals surface area contributed by atoms with Crippen LogP contribution in [0.5, 0.6) is 0 Å². The van der Waals surface area contributed by atoms with Gasteiger partial charge in [-0.1, -0.05) is 48.0 Å². The van der Waals surface area contributed by atoms with Gasteiger partial charge in [-0.15, -0.1) is 0 Å². The van der Waals surface area contributed by atoms with E-state index in [4.69, 9.17) is 0 Å². The van der Waals surface area contributed by atoms with Crippen molar-refractivity contribution >= 4 is 0 Å². The molecule has 0 fully saturated rings. The average Bonchev–Trinajstić information content (AvgIpc) is 1.94. The lowest BCUT2D eigenvalue weighted by molar-refractivity contribution is 0.373. The van der Waals surface area contributed by atoms with Gasteiger partial charge in [0.05, 0.1) is 0 Å². The van der Waals surface area contributed by atoms with Gasteiger partial charge >= 0.3 is 0 Å². The second-order valence-electron chi connectivity index (χ2n) is 3.31. The summed E-state index contributed by atoms with van der Waals surface area (Å²) < 4.78 is 0. The molecule has 1 heteroatoms. The van der Waals surface area contributed by atoms with Gasteiger partial charge in [-0.3, -0.25) is 0 Å². The van der Waals surface area contributed by atoms with Crippen LogP contribution < -0.4 is 5.73 Å². The third-order valence-electron chi connectivity index (χ3n) is 1.000. The first-order valence-corrected chi connectivity index (χ1v) is 4.64.